The van der Waals surface area contributed by atoms with Crippen molar-refractivity contribution in [3.8, 4) is 0 Å². The Balaban J connectivity index is 1.50. The first-order valence-corrected chi connectivity index (χ1v) is 8.94. The molecule has 1 saturated heterocycles. The van der Waals surface area contributed by atoms with Crippen molar-refractivity contribution in [1.29, 1.82) is 0 Å². The summed E-state index contributed by atoms with van der Waals surface area (Å²) in [7, 11) is 1.96. The van der Waals surface area contributed by atoms with Crippen molar-refractivity contribution in [2.24, 2.45) is 7.05 Å². The summed E-state index contributed by atoms with van der Waals surface area (Å²) in [5.74, 6) is 1.83. The Hall–Kier alpha value is -2.89. The van der Waals surface area contributed by atoms with Crippen LogP contribution < -0.4 is 4.90 Å². The molecule has 26 heavy (non-hydrogen) atoms. The van der Waals surface area contributed by atoms with Crippen LogP contribution in [0.4, 0.5) is 5.82 Å². The first kappa shape index (κ1) is 16.6. The molecule has 1 aliphatic rings. The van der Waals surface area contributed by atoms with E-state index in [2.05, 4.69) is 14.9 Å². The topological polar surface area (TPSA) is 54.3 Å². The minimum atomic E-state index is 0.0957. The molecule has 0 bridgehead atoms. The van der Waals surface area contributed by atoms with Gasteiger partial charge in [0.1, 0.15) is 17.3 Å². The third-order valence-corrected chi connectivity index (χ3v) is 5.01. The van der Waals surface area contributed by atoms with Gasteiger partial charge in [-0.05, 0) is 26.0 Å². The second kappa shape index (κ2) is 6.44. The highest BCUT2D eigenvalue weighted by Crippen LogP contribution is 2.21. The lowest BCUT2D eigenvalue weighted by atomic mass is 10.2. The lowest BCUT2D eigenvalue weighted by molar-refractivity contribution is 0.0737. The molecule has 6 nitrogen and oxygen atoms in total. The fraction of sp³-hybridized carbons (Fsp3) is 0.350. The van der Waals surface area contributed by atoms with Crippen molar-refractivity contribution in [3.63, 3.8) is 0 Å². The first-order valence-electron chi connectivity index (χ1n) is 8.94. The average molecular weight is 349 g/mol. The van der Waals surface area contributed by atoms with Crippen LogP contribution in [0, 0.1) is 13.8 Å². The fourth-order valence-corrected chi connectivity index (χ4v) is 3.65. The predicted octanol–water partition coefficient (Wildman–Crippen LogP) is 2.55. The Morgan fingerprint density at radius 3 is 2.42 bits per heavy atom. The molecule has 1 amide bonds. The third-order valence-electron chi connectivity index (χ3n) is 5.01. The molecule has 0 unspecified atom stereocenters. The molecule has 2 aromatic heterocycles. The number of aromatic nitrogens is 3. The number of aryl methyl sites for hydroxylation is 3. The highest BCUT2D eigenvalue weighted by atomic mass is 16.2. The molecule has 0 N–H and O–H groups in total. The summed E-state index contributed by atoms with van der Waals surface area (Å²) in [6.45, 7) is 6.86. The van der Waals surface area contributed by atoms with Gasteiger partial charge in [-0.1, -0.05) is 18.2 Å². The van der Waals surface area contributed by atoms with Crippen molar-refractivity contribution in [3.05, 3.63) is 53.6 Å². The zero-order valence-electron chi connectivity index (χ0n) is 15.4. The average Bonchev–Trinajstić information content (AvgIpc) is 2.97. The molecule has 134 valence electrons. The number of carbonyl (C=O) groups excluding carboxylic acids is 1. The van der Waals surface area contributed by atoms with Gasteiger partial charge in [0.25, 0.3) is 5.91 Å². The summed E-state index contributed by atoms with van der Waals surface area (Å²) in [5.41, 5.74) is 2.80. The molecule has 3 heterocycles. The summed E-state index contributed by atoms with van der Waals surface area (Å²) >= 11 is 0. The number of rotatable bonds is 2. The maximum atomic E-state index is 13.0. The summed E-state index contributed by atoms with van der Waals surface area (Å²) in [4.78, 5) is 26.0. The van der Waals surface area contributed by atoms with E-state index in [9.17, 15) is 4.79 Å². The lowest BCUT2D eigenvalue weighted by Gasteiger charge is -2.35. The van der Waals surface area contributed by atoms with Crippen molar-refractivity contribution >= 4 is 22.6 Å². The summed E-state index contributed by atoms with van der Waals surface area (Å²) < 4.78 is 1.99. The van der Waals surface area contributed by atoms with Crippen LogP contribution in [-0.2, 0) is 7.05 Å². The highest BCUT2D eigenvalue weighted by Gasteiger charge is 2.25. The Bertz CT molecular complexity index is 949. The van der Waals surface area contributed by atoms with Crippen LogP contribution in [0.3, 0.4) is 0 Å². The molecular formula is C20H23N5O. The predicted molar refractivity (Wildman–Crippen MR) is 103 cm³/mol. The number of piperazine rings is 1. The van der Waals surface area contributed by atoms with Gasteiger partial charge in [0.15, 0.2) is 0 Å². The number of amides is 1. The van der Waals surface area contributed by atoms with Gasteiger partial charge in [0, 0.05) is 55.9 Å². The molecule has 1 fully saturated rings. The Kier molecular flexibility index (Phi) is 4.11. The molecule has 0 atom stereocenters. The van der Waals surface area contributed by atoms with Gasteiger partial charge in [-0.3, -0.25) is 4.79 Å². The minimum Gasteiger partial charge on any atom is -0.353 e. The van der Waals surface area contributed by atoms with Crippen LogP contribution in [0.2, 0.25) is 0 Å². The van der Waals surface area contributed by atoms with Crippen LogP contribution in [-0.4, -0.2) is 51.5 Å². The smallest absolute Gasteiger partial charge is 0.270 e. The zero-order chi connectivity index (χ0) is 18.3. The first-order chi connectivity index (χ1) is 12.5. The maximum Gasteiger partial charge on any atom is 0.270 e. The second-order valence-corrected chi connectivity index (χ2v) is 6.84. The normalized spacial score (nSPS) is 14.9. The highest BCUT2D eigenvalue weighted by molar-refractivity contribution is 5.98. The quantitative estimate of drug-likeness (QED) is 0.713. The second-order valence-electron chi connectivity index (χ2n) is 6.84. The van der Waals surface area contributed by atoms with E-state index >= 15 is 0 Å². The molecule has 0 radical (unpaired) electrons. The third kappa shape index (κ3) is 2.92. The molecule has 0 aliphatic carbocycles. The number of hydrogen-bond acceptors (Lipinski definition) is 4. The fourth-order valence-electron chi connectivity index (χ4n) is 3.65. The maximum absolute atomic E-state index is 13.0. The van der Waals surface area contributed by atoms with E-state index in [0.717, 1.165) is 47.0 Å². The van der Waals surface area contributed by atoms with Crippen molar-refractivity contribution in [2.75, 3.05) is 31.1 Å². The van der Waals surface area contributed by atoms with Crippen LogP contribution in [0.25, 0.3) is 10.9 Å². The zero-order valence-corrected chi connectivity index (χ0v) is 15.4. The van der Waals surface area contributed by atoms with Crippen molar-refractivity contribution in [1.82, 2.24) is 19.4 Å². The molecule has 1 aromatic carbocycles. The molecule has 4 rings (SSSR count). The minimum absolute atomic E-state index is 0.0957. The van der Waals surface area contributed by atoms with E-state index in [1.54, 1.807) is 0 Å². The van der Waals surface area contributed by atoms with E-state index in [1.165, 1.54) is 0 Å². The van der Waals surface area contributed by atoms with Gasteiger partial charge in [-0.15, -0.1) is 0 Å². The number of hydrogen-bond donors (Lipinski definition) is 0. The van der Waals surface area contributed by atoms with Gasteiger partial charge in [-0.25, -0.2) is 9.97 Å². The van der Waals surface area contributed by atoms with Crippen LogP contribution in [0.5, 0.6) is 0 Å². The van der Waals surface area contributed by atoms with E-state index in [0.29, 0.717) is 13.1 Å². The molecule has 3 aromatic rings. The molecular weight excluding hydrogens is 326 g/mol. The summed E-state index contributed by atoms with van der Waals surface area (Å²) in [6, 6.07) is 12.1. The summed E-state index contributed by atoms with van der Waals surface area (Å²) in [5, 5.41) is 1.10. The SMILES string of the molecule is Cc1cc(N2CCN(C(=O)c3cc4ccccc4n3C)CC2)nc(C)n1. The van der Waals surface area contributed by atoms with E-state index in [1.807, 2.05) is 66.8 Å². The standard InChI is InChI=1S/C20H23N5O/c1-14-12-19(22-15(2)21-14)24-8-10-25(11-9-24)20(26)18-13-16-6-4-5-7-17(16)23(18)3/h4-7,12-13H,8-11H2,1-3H3. The van der Waals surface area contributed by atoms with E-state index in [4.69, 9.17) is 0 Å². The van der Waals surface area contributed by atoms with Gasteiger partial charge >= 0.3 is 0 Å². The number of fused-ring (bicyclic) bond motifs is 1. The van der Waals surface area contributed by atoms with Crippen LogP contribution in [0.1, 0.15) is 22.0 Å². The monoisotopic (exact) mass is 349 g/mol. The number of carbonyl (C=O) groups is 1. The lowest BCUT2D eigenvalue weighted by Crippen LogP contribution is -2.49. The number of para-hydroxylation sites is 1. The molecule has 1 aliphatic heterocycles. The van der Waals surface area contributed by atoms with Crippen molar-refractivity contribution < 1.29 is 4.79 Å². The van der Waals surface area contributed by atoms with Gasteiger partial charge in [0.05, 0.1) is 0 Å². The van der Waals surface area contributed by atoms with Crippen LogP contribution in [0.15, 0.2) is 36.4 Å². The molecule has 0 saturated carbocycles. The Morgan fingerprint density at radius 2 is 1.73 bits per heavy atom. The Morgan fingerprint density at radius 1 is 1.00 bits per heavy atom. The van der Waals surface area contributed by atoms with Crippen molar-refractivity contribution in [2.45, 2.75) is 13.8 Å². The largest absolute Gasteiger partial charge is 0.353 e. The van der Waals surface area contributed by atoms with E-state index in [-0.39, 0.29) is 5.91 Å². The molecule has 0 spiro atoms. The molecule has 6 heteroatoms. The van der Waals surface area contributed by atoms with Gasteiger partial charge < -0.3 is 14.4 Å². The summed E-state index contributed by atoms with van der Waals surface area (Å²) in [6.07, 6.45) is 0. The van der Waals surface area contributed by atoms with Gasteiger partial charge in [-0.2, -0.15) is 0 Å². The van der Waals surface area contributed by atoms with Crippen LogP contribution >= 0.6 is 0 Å². The Labute approximate surface area is 153 Å². The van der Waals surface area contributed by atoms with E-state index < -0.39 is 0 Å². The number of benzene rings is 1. The van der Waals surface area contributed by atoms with Gasteiger partial charge in [0.2, 0.25) is 0 Å². The number of anilines is 1. The number of nitrogens with zero attached hydrogens (tertiary/aromatic N) is 5.